The highest BCUT2D eigenvalue weighted by Crippen LogP contribution is 1.71. The van der Waals surface area contributed by atoms with Gasteiger partial charge in [0.15, 0.2) is 0 Å². The van der Waals surface area contributed by atoms with Gasteiger partial charge in [0.1, 0.15) is 0 Å². The van der Waals surface area contributed by atoms with Crippen molar-refractivity contribution in [2.75, 3.05) is 14.2 Å². The summed E-state index contributed by atoms with van der Waals surface area (Å²) in [5, 5.41) is 0.950. The second-order valence-corrected chi connectivity index (χ2v) is 1.32. The van der Waals surface area contributed by atoms with E-state index in [2.05, 4.69) is 10.2 Å². The first-order valence-electron chi connectivity index (χ1n) is 2.23. The van der Waals surface area contributed by atoms with E-state index in [1.54, 1.807) is 0 Å². The van der Waals surface area contributed by atoms with E-state index in [9.17, 15) is 9.59 Å². The smallest absolute Gasteiger partial charge is 0.425 e. The van der Waals surface area contributed by atoms with Gasteiger partial charge in [0.25, 0.3) is 0 Å². The Bertz CT molecular complexity index is 114. The molecule has 0 aliphatic rings. The lowest BCUT2D eigenvalue weighted by atomic mass is 11.0. The van der Waals surface area contributed by atoms with Crippen molar-refractivity contribution < 1.29 is 14.3 Å². The van der Waals surface area contributed by atoms with Crippen LogP contribution in [-0.4, -0.2) is 31.7 Å². The third-order valence-corrected chi connectivity index (χ3v) is 0.611. The Morgan fingerprint density at radius 3 is 2.67 bits per heavy atom. The molecule has 0 aliphatic carbocycles. The fourth-order valence-electron chi connectivity index (χ4n) is 0.216. The highest BCUT2D eigenvalue weighted by atomic mass is 16.5. The quantitative estimate of drug-likeness (QED) is 0.401. The monoisotopic (exact) mass is 132 g/mol. The van der Waals surface area contributed by atoms with Crippen LogP contribution in [0, 0.1) is 0 Å². The Hall–Kier alpha value is -1.26. The minimum Gasteiger partial charge on any atom is -0.452 e. The van der Waals surface area contributed by atoms with E-state index in [-0.39, 0.29) is 0 Å². The summed E-state index contributed by atoms with van der Waals surface area (Å²) in [6.45, 7) is 0. The van der Waals surface area contributed by atoms with Crippen molar-refractivity contribution in [1.29, 1.82) is 0 Å². The summed E-state index contributed by atoms with van der Waals surface area (Å²) >= 11 is 0. The topological polar surface area (TPSA) is 58.6 Å². The van der Waals surface area contributed by atoms with Gasteiger partial charge in [-0.15, -0.1) is 0 Å². The first-order chi connectivity index (χ1) is 4.20. The van der Waals surface area contributed by atoms with Gasteiger partial charge in [0.2, 0.25) is 6.41 Å². The van der Waals surface area contributed by atoms with E-state index in [0.29, 0.717) is 6.41 Å². The van der Waals surface area contributed by atoms with Crippen molar-refractivity contribution in [3.63, 3.8) is 0 Å². The summed E-state index contributed by atoms with van der Waals surface area (Å²) in [6.07, 6.45) is -0.207. The second-order valence-electron chi connectivity index (χ2n) is 1.32. The number of carbonyl (C=O) groups excluding carboxylic acids is 2. The maximum absolute atomic E-state index is 10.2. The molecule has 0 saturated carbocycles. The van der Waals surface area contributed by atoms with Gasteiger partial charge >= 0.3 is 6.09 Å². The average molecular weight is 132 g/mol. The Balaban J connectivity index is 3.46. The highest BCUT2D eigenvalue weighted by molar-refractivity contribution is 5.68. The van der Waals surface area contributed by atoms with Gasteiger partial charge in [-0.05, 0) is 0 Å². The summed E-state index contributed by atoms with van der Waals surface area (Å²) in [5.41, 5.74) is 2.08. The van der Waals surface area contributed by atoms with Crippen LogP contribution in [0.4, 0.5) is 4.79 Å². The maximum atomic E-state index is 10.2. The van der Waals surface area contributed by atoms with E-state index in [0.717, 1.165) is 5.01 Å². The van der Waals surface area contributed by atoms with Crippen LogP contribution in [0.15, 0.2) is 0 Å². The zero-order chi connectivity index (χ0) is 7.28. The van der Waals surface area contributed by atoms with Crippen LogP contribution in [0.25, 0.3) is 0 Å². The van der Waals surface area contributed by atoms with E-state index in [1.807, 2.05) is 0 Å². The molecule has 0 aromatic rings. The summed E-state index contributed by atoms with van der Waals surface area (Å²) in [4.78, 5) is 20.1. The predicted octanol–water partition coefficient (Wildman–Crippen LogP) is -0.654. The van der Waals surface area contributed by atoms with Crippen molar-refractivity contribution >= 4 is 12.5 Å². The van der Waals surface area contributed by atoms with Crippen molar-refractivity contribution in [3.8, 4) is 0 Å². The first kappa shape index (κ1) is 7.74. The molecule has 2 amide bonds. The molecule has 0 aromatic heterocycles. The largest absolute Gasteiger partial charge is 0.452 e. The molecule has 0 bridgehead atoms. The lowest BCUT2D eigenvalue weighted by Gasteiger charge is -2.09. The Kier molecular flexibility index (Phi) is 3.19. The van der Waals surface area contributed by atoms with E-state index >= 15 is 0 Å². The molecule has 9 heavy (non-hydrogen) atoms. The summed E-state index contributed by atoms with van der Waals surface area (Å²) in [5.74, 6) is 0. The SMILES string of the molecule is COC(=O)NN(C)C=O. The lowest BCUT2D eigenvalue weighted by Crippen LogP contribution is -2.37. The zero-order valence-corrected chi connectivity index (χ0v) is 5.25. The third-order valence-electron chi connectivity index (χ3n) is 0.611. The summed E-state index contributed by atoms with van der Waals surface area (Å²) < 4.78 is 4.17. The fourth-order valence-corrected chi connectivity index (χ4v) is 0.216. The van der Waals surface area contributed by atoms with Crippen LogP contribution >= 0.6 is 0 Å². The van der Waals surface area contributed by atoms with Crippen LogP contribution < -0.4 is 5.43 Å². The van der Waals surface area contributed by atoms with Crippen LogP contribution in [-0.2, 0) is 9.53 Å². The molecule has 0 heterocycles. The molecule has 0 fully saturated rings. The summed E-state index contributed by atoms with van der Waals surface area (Å²) in [6, 6.07) is 0. The van der Waals surface area contributed by atoms with Crippen LogP contribution in [0.2, 0.25) is 0 Å². The van der Waals surface area contributed by atoms with E-state index in [1.165, 1.54) is 14.2 Å². The number of hydrogen-bond acceptors (Lipinski definition) is 3. The second kappa shape index (κ2) is 3.71. The minimum absolute atomic E-state index is 0.455. The molecule has 5 heteroatoms. The molecule has 0 radical (unpaired) electrons. The summed E-state index contributed by atoms with van der Waals surface area (Å²) in [7, 11) is 2.61. The van der Waals surface area contributed by atoms with Gasteiger partial charge in [-0.25, -0.2) is 10.2 Å². The Morgan fingerprint density at radius 2 is 2.33 bits per heavy atom. The molecule has 0 rings (SSSR count). The molecule has 0 aliphatic heterocycles. The van der Waals surface area contributed by atoms with Gasteiger partial charge in [0, 0.05) is 7.05 Å². The van der Waals surface area contributed by atoms with Crippen molar-refractivity contribution in [1.82, 2.24) is 10.4 Å². The number of ether oxygens (including phenoxy) is 1. The number of hydrogen-bond donors (Lipinski definition) is 1. The maximum Gasteiger partial charge on any atom is 0.425 e. The molecular formula is C4H8N2O3. The van der Waals surface area contributed by atoms with E-state index < -0.39 is 6.09 Å². The molecule has 0 atom stereocenters. The highest BCUT2D eigenvalue weighted by Gasteiger charge is 1.98. The Morgan fingerprint density at radius 1 is 1.78 bits per heavy atom. The number of amides is 2. The molecule has 0 spiro atoms. The van der Waals surface area contributed by atoms with Gasteiger partial charge in [-0.1, -0.05) is 0 Å². The van der Waals surface area contributed by atoms with Crippen molar-refractivity contribution in [3.05, 3.63) is 0 Å². The first-order valence-corrected chi connectivity index (χ1v) is 2.23. The lowest BCUT2D eigenvalue weighted by molar-refractivity contribution is -0.119. The fraction of sp³-hybridized carbons (Fsp3) is 0.500. The van der Waals surface area contributed by atoms with Gasteiger partial charge in [-0.3, -0.25) is 9.80 Å². The molecule has 1 N–H and O–H groups in total. The Labute approximate surface area is 52.6 Å². The average Bonchev–Trinajstić information content (AvgIpc) is 1.87. The molecular weight excluding hydrogens is 124 g/mol. The minimum atomic E-state index is -0.662. The third kappa shape index (κ3) is 3.33. The number of nitrogens with zero attached hydrogens (tertiary/aromatic N) is 1. The molecule has 0 unspecified atom stereocenters. The standard InChI is InChI=1S/C4H8N2O3/c1-6(3-7)5-4(8)9-2/h3H,1-2H3,(H,5,8). The number of methoxy groups -OCH3 is 1. The predicted molar refractivity (Wildman–Crippen MR) is 29.4 cm³/mol. The van der Waals surface area contributed by atoms with Crippen LogP contribution in [0.1, 0.15) is 0 Å². The van der Waals surface area contributed by atoms with Gasteiger partial charge in [0.05, 0.1) is 7.11 Å². The molecule has 52 valence electrons. The van der Waals surface area contributed by atoms with Crippen molar-refractivity contribution in [2.24, 2.45) is 0 Å². The van der Waals surface area contributed by atoms with Gasteiger partial charge in [-0.2, -0.15) is 0 Å². The number of nitrogens with one attached hydrogen (secondary N) is 1. The van der Waals surface area contributed by atoms with Crippen molar-refractivity contribution in [2.45, 2.75) is 0 Å². The van der Waals surface area contributed by atoms with E-state index in [4.69, 9.17) is 0 Å². The van der Waals surface area contributed by atoms with Crippen LogP contribution in [0.3, 0.4) is 0 Å². The number of carbonyl (C=O) groups is 2. The molecule has 0 aromatic carbocycles. The normalized spacial score (nSPS) is 7.78. The number of rotatable bonds is 2. The van der Waals surface area contributed by atoms with Gasteiger partial charge < -0.3 is 4.74 Å². The molecule has 5 nitrogen and oxygen atoms in total. The number of hydrazine groups is 1. The molecule has 0 saturated heterocycles. The van der Waals surface area contributed by atoms with Crippen LogP contribution in [0.5, 0.6) is 0 Å². The zero-order valence-electron chi connectivity index (χ0n) is 5.25.